The zero-order valence-electron chi connectivity index (χ0n) is 19.2. The number of hydrogen-bond donors (Lipinski definition) is 1. The molecule has 9 heteroatoms. The number of likely N-dealkylation sites (N-methyl/N-ethyl adjacent to an activating group) is 1. The number of carbonyl (C=O) groups is 3. The monoisotopic (exact) mass is 466 g/mol. The van der Waals surface area contributed by atoms with Gasteiger partial charge in [-0.15, -0.1) is 0 Å². The second-order valence-electron chi connectivity index (χ2n) is 8.27. The van der Waals surface area contributed by atoms with Crippen molar-refractivity contribution in [2.75, 3.05) is 47.5 Å². The Labute approximate surface area is 197 Å². The first-order chi connectivity index (χ1) is 16.3. The van der Waals surface area contributed by atoms with Gasteiger partial charge in [-0.25, -0.2) is 4.79 Å². The maximum absolute atomic E-state index is 13.1. The van der Waals surface area contributed by atoms with E-state index in [2.05, 4.69) is 0 Å². The molecule has 178 valence electrons. The first kappa shape index (κ1) is 23.3. The summed E-state index contributed by atoms with van der Waals surface area (Å²) in [4.78, 5) is 41.3. The number of amides is 1. The lowest BCUT2D eigenvalue weighted by Crippen LogP contribution is -2.35. The maximum Gasteiger partial charge on any atom is 0.337 e. The number of Topliss-reactive ketones (excluding diaryl/α,β-unsaturated/α-hetero) is 1. The number of carbonyl (C=O) groups excluding carboxylic acids is 3. The summed E-state index contributed by atoms with van der Waals surface area (Å²) in [5.41, 5.74) is 1.24. The summed E-state index contributed by atoms with van der Waals surface area (Å²) in [6.45, 7) is 1.60. The van der Waals surface area contributed by atoms with Crippen LogP contribution in [0.4, 0.5) is 0 Å². The van der Waals surface area contributed by atoms with Crippen LogP contribution in [-0.2, 0) is 14.3 Å². The second-order valence-corrected chi connectivity index (χ2v) is 8.27. The predicted molar refractivity (Wildman–Crippen MR) is 123 cm³/mol. The van der Waals surface area contributed by atoms with E-state index in [4.69, 9.17) is 14.2 Å². The van der Waals surface area contributed by atoms with Crippen LogP contribution in [0.1, 0.15) is 27.5 Å². The fourth-order valence-corrected chi connectivity index (χ4v) is 4.03. The average molecular weight is 466 g/mol. The number of rotatable bonds is 6. The number of ether oxygens (including phenoxy) is 3. The van der Waals surface area contributed by atoms with Gasteiger partial charge in [0.2, 0.25) is 0 Å². The molecule has 2 aromatic rings. The van der Waals surface area contributed by atoms with Crippen LogP contribution in [0.5, 0.6) is 11.5 Å². The van der Waals surface area contributed by atoms with E-state index in [1.807, 2.05) is 19.0 Å². The maximum atomic E-state index is 13.1. The fourth-order valence-electron chi connectivity index (χ4n) is 4.03. The van der Waals surface area contributed by atoms with Gasteiger partial charge < -0.3 is 29.1 Å². The lowest BCUT2D eigenvalue weighted by Gasteiger charge is -2.26. The quantitative estimate of drug-likeness (QED) is 0.299. The molecular formula is C25H26N2O7. The number of hydrogen-bond acceptors (Lipinski definition) is 8. The smallest absolute Gasteiger partial charge is 0.337 e. The fraction of sp³-hybridized carbons (Fsp3) is 0.320. The Morgan fingerprint density at radius 2 is 1.71 bits per heavy atom. The zero-order valence-corrected chi connectivity index (χ0v) is 19.2. The molecule has 34 heavy (non-hydrogen) atoms. The van der Waals surface area contributed by atoms with E-state index in [0.29, 0.717) is 47.9 Å². The standard InChI is InChI=1S/C25H26N2O7/c1-26(2)10-11-27-21(15-4-6-16(7-5-15)25(31)32-3)20(23(29)24(27)30)22(28)17-8-9-18-19(14-17)34-13-12-33-18/h4-9,14,21,28H,10-13H2,1-3H3. The van der Waals surface area contributed by atoms with Gasteiger partial charge in [-0.2, -0.15) is 0 Å². The van der Waals surface area contributed by atoms with E-state index >= 15 is 0 Å². The molecule has 0 radical (unpaired) electrons. The molecule has 1 atom stereocenters. The van der Waals surface area contributed by atoms with Crippen LogP contribution in [0, 0.1) is 0 Å². The third kappa shape index (κ3) is 4.34. The number of ketones is 1. The van der Waals surface area contributed by atoms with Gasteiger partial charge in [0.05, 0.1) is 24.3 Å². The second kappa shape index (κ2) is 9.56. The Bertz CT molecular complexity index is 1150. The highest BCUT2D eigenvalue weighted by molar-refractivity contribution is 6.46. The minimum atomic E-state index is -0.820. The van der Waals surface area contributed by atoms with Crippen LogP contribution in [0.2, 0.25) is 0 Å². The van der Waals surface area contributed by atoms with Crippen molar-refractivity contribution >= 4 is 23.4 Å². The van der Waals surface area contributed by atoms with Crippen molar-refractivity contribution < 1.29 is 33.7 Å². The van der Waals surface area contributed by atoms with Gasteiger partial charge in [-0.1, -0.05) is 12.1 Å². The van der Waals surface area contributed by atoms with Crippen LogP contribution in [0.3, 0.4) is 0 Å². The molecule has 2 aliphatic rings. The van der Waals surface area contributed by atoms with Crippen molar-refractivity contribution in [1.82, 2.24) is 9.80 Å². The molecule has 0 aromatic heterocycles. The highest BCUT2D eigenvalue weighted by Crippen LogP contribution is 2.41. The third-order valence-corrected chi connectivity index (χ3v) is 5.79. The van der Waals surface area contributed by atoms with Gasteiger partial charge in [0.25, 0.3) is 11.7 Å². The summed E-state index contributed by atoms with van der Waals surface area (Å²) < 4.78 is 15.9. The number of esters is 1. The summed E-state index contributed by atoms with van der Waals surface area (Å²) in [7, 11) is 5.03. The number of methoxy groups -OCH3 is 1. The Morgan fingerprint density at radius 3 is 2.35 bits per heavy atom. The molecule has 0 saturated carbocycles. The molecular weight excluding hydrogens is 440 g/mol. The first-order valence-corrected chi connectivity index (χ1v) is 10.8. The largest absolute Gasteiger partial charge is 0.507 e. The Balaban J connectivity index is 1.80. The minimum Gasteiger partial charge on any atom is -0.507 e. The summed E-state index contributed by atoms with van der Waals surface area (Å²) in [6, 6.07) is 10.5. The molecule has 1 amide bonds. The summed E-state index contributed by atoms with van der Waals surface area (Å²) in [5, 5.41) is 11.2. The summed E-state index contributed by atoms with van der Waals surface area (Å²) in [5.74, 6) is -1.26. The van der Waals surface area contributed by atoms with Crippen molar-refractivity contribution in [3.8, 4) is 11.5 Å². The molecule has 2 heterocycles. The Kier molecular flexibility index (Phi) is 6.56. The van der Waals surface area contributed by atoms with E-state index in [1.165, 1.54) is 12.0 Å². The predicted octanol–water partition coefficient (Wildman–Crippen LogP) is 2.23. The van der Waals surface area contributed by atoms with Gasteiger partial charge in [0.1, 0.15) is 19.0 Å². The van der Waals surface area contributed by atoms with Gasteiger partial charge in [0, 0.05) is 18.7 Å². The Hall–Kier alpha value is -3.85. The van der Waals surface area contributed by atoms with Crippen LogP contribution in [-0.4, -0.2) is 80.1 Å². The van der Waals surface area contributed by atoms with Gasteiger partial charge >= 0.3 is 5.97 Å². The summed E-state index contributed by atoms with van der Waals surface area (Å²) >= 11 is 0. The zero-order chi connectivity index (χ0) is 24.4. The highest BCUT2D eigenvalue weighted by atomic mass is 16.6. The van der Waals surface area contributed by atoms with Gasteiger partial charge in [-0.3, -0.25) is 9.59 Å². The molecule has 1 saturated heterocycles. The Morgan fingerprint density at radius 1 is 1.06 bits per heavy atom. The molecule has 4 rings (SSSR count). The molecule has 2 aliphatic heterocycles. The molecule has 1 fully saturated rings. The molecule has 0 aliphatic carbocycles. The topological polar surface area (TPSA) is 106 Å². The van der Waals surface area contributed by atoms with Crippen molar-refractivity contribution in [2.45, 2.75) is 6.04 Å². The SMILES string of the molecule is COC(=O)c1ccc(C2C(=C(O)c3ccc4c(c3)OCCO4)C(=O)C(=O)N2CCN(C)C)cc1. The molecule has 1 unspecified atom stereocenters. The van der Waals surface area contributed by atoms with E-state index in [9.17, 15) is 19.5 Å². The molecule has 1 N–H and O–H groups in total. The number of aliphatic hydroxyl groups is 1. The molecule has 0 spiro atoms. The van der Waals surface area contributed by atoms with Crippen LogP contribution in [0.15, 0.2) is 48.0 Å². The van der Waals surface area contributed by atoms with E-state index in [0.717, 1.165) is 0 Å². The van der Waals surface area contributed by atoms with Crippen molar-refractivity contribution in [3.63, 3.8) is 0 Å². The molecule has 0 bridgehead atoms. The lowest BCUT2D eigenvalue weighted by atomic mass is 9.94. The van der Waals surface area contributed by atoms with Crippen molar-refractivity contribution in [2.24, 2.45) is 0 Å². The van der Waals surface area contributed by atoms with E-state index in [-0.39, 0.29) is 17.9 Å². The number of aliphatic hydroxyl groups excluding tert-OH is 1. The van der Waals surface area contributed by atoms with Gasteiger partial charge in [0.15, 0.2) is 11.5 Å². The normalized spacial score (nSPS) is 18.9. The number of benzene rings is 2. The van der Waals surface area contributed by atoms with Crippen LogP contribution >= 0.6 is 0 Å². The van der Waals surface area contributed by atoms with E-state index in [1.54, 1.807) is 42.5 Å². The van der Waals surface area contributed by atoms with Crippen LogP contribution < -0.4 is 9.47 Å². The third-order valence-electron chi connectivity index (χ3n) is 5.79. The van der Waals surface area contributed by atoms with Crippen LogP contribution in [0.25, 0.3) is 5.76 Å². The van der Waals surface area contributed by atoms with E-state index < -0.39 is 23.7 Å². The van der Waals surface area contributed by atoms with Crippen molar-refractivity contribution in [1.29, 1.82) is 0 Å². The average Bonchev–Trinajstić information content (AvgIpc) is 3.11. The highest BCUT2D eigenvalue weighted by Gasteiger charge is 2.46. The molecule has 2 aromatic carbocycles. The summed E-state index contributed by atoms with van der Waals surface area (Å²) in [6.07, 6.45) is 0. The van der Waals surface area contributed by atoms with Gasteiger partial charge in [-0.05, 0) is 50.0 Å². The number of fused-ring (bicyclic) bond motifs is 1. The number of nitrogens with zero attached hydrogens (tertiary/aromatic N) is 2. The first-order valence-electron chi connectivity index (χ1n) is 10.8. The lowest BCUT2D eigenvalue weighted by molar-refractivity contribution is -0.140. The molecule has 9 nitrogen and oxygen atoms in total. The number of likely N-dealkylation sites (tertiary alicyclic amines) is 1. The minimum absolute atomic E-state index is 0.0220. The van der Waals surface area contributed by atoms with Crippen molar-refractivity contribution in [3.05, 3.63) is 64.7 Å².